The molecule has 1 fully saturated rings. The van der Waals surface area contributed by atoms with Crippen LogP contribution in [0.25, 0.3) is 0 Å². The first-order chi connectivity index (χ1) is 10.7. The SMILES string of the molecule is CCOc1ccc(CNCCCN2CCCC2=O)cc1OC.Cl. The van der Waals surface area contributed by atoms with Crippen LogP contribution in [0.4, 0.5) is 0 Å². The van der Waals surface area contributed by atoms with Gasteiger partial charge in [0.1, 0.15) is 0 Å². The van der Waals surface area contributed by atoms with Gasteiger partial charge in [-0.05, 0) is 44.0 Å². The fourth-order valence-electron chi connectivity index (χ4n) is 2.66. The standard InChI is InChI=1S/C17H26N2O3.ClH/c1-3-22-15-8-7-14(12-16(15)21-2)13-18-9-5-11-19-10-4-6-17(19)20;/h7-8,12,18H,3-6,9-11,13H2,1-2H3;1H. The van der Waals surface area contributed by atoms with Crippen LogP contribution in [0.5, 0.6) is 11.5 Å². The average Bonchev–Trinajstić information content (AvgIpc) is 2.93. The number of nitrogens with one attached hydrogen (secondary N) is 1. The van der Waals surface area contributed by atoms with E-state index in [1.54, 1.807) is 7.11 Å². The largest absolute Gasteiger partial charge is 0.493 e. The number of halogens is 1. The van der Waals surface area contributed by atoms with Gasteiger partial charge in [0.15, 0.2) is 11.5 Å². The maximum atomic E-state index is 11.5. The Balaban J connectivity index is 0.00000264. The molecule has 1 aliphatic heterocycles. The number of ether oxygens (including phenoxy) is 2. The van der Waals surface area contributed by atoms with Crippen molar-refractivity contribution in [2.75, 3.05) is 33.4 Å². The van der Waals surface area contributed by atoms with E-state index < -0.39 is 0 Å². The maximum absolute atomic E-state index is 11.5. The summed E-state index contributed by atoms with van der Waals surface area (Å²) in [6, 6.07) is 5.99. The van der Waals surface area contributed by atoms with Gasteiger partial charge in [0.2, 0.25) is 5.91 Å². The molecule has 1 aromatic carbocycles. The van der Waals surface area contributed by atoms with Crippen molar-refractivity contribution in [1.29, 1.82) is 0 Å². The van der Waals surface area contributed by atoms with Gasteiger partial charge in [-0.1, -0.05) is 6.07 Å². The van der Waals surface area contributed by atoms with E-state index in [0.29, 0.717) is 12.5 Å². The Bertz CT molecular complexity index is 497. The summed E-state index contributed by atoms with van der Waals surface area (Å²) < 4.78 is 10.9. The number of hydrogen-bond acceptors (Lipinski definition) is 4. The van der Waals surface area contributed by atoms with Crippen molar-refractivity contribution in [2.24, 2.45) is 0 Å². The Kier molecular flexibility index (Phi) is 8.81. The molecule has 1 amide bonds. The van der Waals surface area contributed by atoms with E-state index in [4.69, 9.17) is 9.47 Å². The van der Waals surface area contributed by atoms with Gasteiger partial charge in [0.05, 0.1) is 13.7 Å². The Morgan fingerprint density at radius 2 is 2.13 bits per heavy atom. The lowest BCUT2D eigenvalue weighted by atomic mass is 10.2. The summed E-state index contributed by atoms with van der Waals surface area (Å²) in [7, 11) is 1.65. The molecule has 5 nitrogen and oxygen atoms in total. The van der Waals surface area contributed by atoms with Gasteiger partial charge in [0, 0.05) is 26.1 Å². The number of hydrogen-bond donors (Lipinski definition) is 1. The predicted octanol–water partition coefficient (Wildman–Crippen LogP) is 2.62. The summed E-state index contributed by atoms with van der Waals surface area (Å²) in [5.74, 6) is 1.85. The van der Waals surface area contributed by atoms with Crippen LogP contribution in [0.2, 0.25) is 0 Å². The number of likely N-dealkylation sites (tertiary alicyclic amines) is 1. The van der Waals surface area contributed by atoms with Crippen LogP contribution >= 0.6 is 12.4 Å². The number of carbonyl (C=O) groups excluding carboxylic acids is 1. The quantitative estimate of drug-likeness (QED) is 0.701. The number of rotatable bonds is 9. The molecule has 0 spiro atoms. The molecule has 0 aliphatic carbocycles. The van der Waals surface area contributed by atoms with Crippen LogP contribution in [0, 0.1) is 0 Å². The van der Waals surface area contributed by atoms with Crippen LogP contribution in [-0.2, 0) is 11.3 Å². The predicted molar refractivity (Wildman–Crippen MR) is 93.5 cm³/mol. The Hall–Kier alpha value is -1.46. The van der Waals surface area contributed by atoms with E-state index in [2.05, 4.69) is 5.32 Å². The second kappa shape index (κ2) is 10.3. The molecule has 0 unspecified atom stereocenters. The summed E-state index contributed by atoms with van der Waals surface area (Å²) in [5.41, 5.74) is 1.16. The highest BCUT2D eigenvalue weighted by Crippen LogP contribution is 2.27. The number of benzene rings is 1. The number of carbonyl (C=O) groups is 1. The number of amides is 1. The number of nitrogens with zero attached hydrogens (tertiary/aromatic N) is 1. The first kappa shape index (κ1) is 19.6. The van der Waals surface area contributed by atoms with Crippen LogP contribution in [0.3, 0.4) is 0 Å². The van der Waals surface area contributed by atoms with Crippen molar-refractivity contribution in [2.45, 2.75) is 32.7 Å². The lowest BCUT2D eigenvalue weighted by molar-refractivity contribution is -0.127. The molecule has 2 rings (SSSR count). The zero-order valence-corrected chi connectivity index (χ0v) is 14.8. The van der Waals surface area contributed by atoms with Gasteiger partial charge < -0.3 is 19.7 Å². The van der Waals surface area contributed by atoms with Crippen LogP contribution in [0.1, 0.15) is 31.7 Å². The molecular weight excluding hydrogens is 316 g/mol. The number of methoxy groups -OCH3 is 1. The molecule has 23 heavy (non-hydrogen) atoms. The summed E-state index contributed by atoms with van der Waals surface area (Å²) >= 11 is 0. The highest BCUT2D eigenvalue weighted by molar-refractivity contribution is 5.85. The smallest absolute Gasteiger partial charge is 0.222 e. The molecule has 0 radical (unpaired) electrons. The lowest BCUT2D eigenvalue weighted by Crippen LogP contribution is -2.28. The molecule has 0 saturated carbocycles. The molecule has 0 atom stereocenters. The molecule has 0 aromatic heterocycles. The summed E-state index contributed by atoms with van der Waals surface area (Å²) in [5, 5.41) is 3.41. The fourth-order valence-corrected chi connectivity index (χ4v) is 2.66. The second-order valence-corrected chi connectivity index (χ2v) is 5.43. The topological polar surface area (TPSA) is 50.8 Å². The van der Waals surface area contributed by atoms with Gasteiger partial charge >= 0.3 is 0 Å². The van der Waals surface area contributed by atoms with E-state index >= 15 is 0 Å². The molecule has 1 aromatic rings. The third-order valence-corrected chi connectivity index (χ3v) is 3.81. The van der Waals surface area contributed by atoms with Gasteiger partial charge in [0.25, 0.3) is 0 Å². The highest BCUT2D eigenvalue weighted by atomic mass is 35.5. The molecule has 6 heteroatoms. The molecule has 1 N–H and O–H groups in total. The van der Waals surface area contributed by atoms with Crippen molar-refractivity contribution >= 4 is 18.3 Å². The lowest BCUT2D eigenvalue weighted by Gasteiger charge is -2.15. The Morgan fingerprint density at radius 1 is 1.30 bits per heavy atom. The molecule has 1 saturated heterocycles. The van der Waals surface area contributed by atoms with E-state index in [1.165, 1.54) is 0 Å². The van der Waals surface area contributed by atoms with Gasteiger partial charge in [-0.25, -0.2) is 0 Å². The average molecular weight is 343 g/mol. The van der Waals surface area contributed by atoms with E-state index in [1.807, 2.05) is 30.0 Å². The van der Waals surface area contributed by atoms with Gasteiger partial charge in [-0.15, -0.1) is 12.4 Å². The molecule has 1 aliphatic rings. The first-order valence-electron chi connectivity index (χ1n) is 8.02. The minimum absolute atomic E-state index is 0. The van der Waals surface area contributed by atoms with Crippen molar-refractivity contribution in [3.63, 3.8) is 0 Å². The zero-order valence-electron chi connectivity index (χ0n) is 14.0. The summed E-state index contributed by atoms with van der Waals surface area (Å²) in [4.78, 5) is 13.5. The van der Waals surface area contributed by atoms with Crippen molar-refractivity contribution in [3.05, 3.63) is 23.8 Å². The Morgan fingerprint density at radius 3 is 2.78 bits per heavy atom. The van der Waals surface area contributed by atoms with Crippen LogP contribution < -0.4 is 14.8 Å². The molecular formula is C17H27ClN2O3. The summed E-state index contributed by atoms with van der Waals surface area (Å²) in [6.07, 6.45) is 2.72. The van der Waals surface area contributed by atoms with E-state index in [-0.39, 0.29) is 12.4 Å². The normalized spacial score (nSPS) is 13.8. The third kappa shape index (κ3) is 5.92. The highest BCUT2D eigenvalue weighted by Gasteiger charge is 2.18. The minimum atomic E-state index is 0. The first-order valence-corrected chi connectivity index (χ1v) is 8.02. The fraction of sp³-hybridized carbons (Fsp3) is 0.588. The molecule has 0 bridgehead atoms. The zero-order chi connectivity index (χ0) is 15.8. The van der Waals surface area contributed by atoms with Crippen molar-refractivity contribution < 1.29 is 14.3 Å². The van der Waals surface area contributed by atoms with Gasteiger partial charge in [-0.3, -0.25) is 4.79 Å². The van der Waals surface area contributed by atoms with E-state index in [0.717, 1.165) is 62.5 Å². The second-order valence-electron chi connectivity index (χ2n) is 5.43. The van der Waals surface area contributed by atoms with Crippen LogP contribution in [0.15, 0.2) is 18.2 Å². The van der Waals surface area contributed by atoms with Crippen molar-refractivity contribution in [1.82, 2.24) is 10.2 Å². The summed E-state index contributed by atoms with van der Waals surface area (Å²) in [6.45, 7) is 6.06. The maximum Gasteiger partial charge on any atom is 0.222 e. The molecule has 1 heterocycles. The third-order valence-electron chi connectivity index (χ3n) is 3.81. The van der Waals surface area contributed by atoms with Crippen LogP contribution in [-0.4, -0.2) is 44.2 Å². The van der Waals surface area contributed by atoms with E-state index in [9.17, 15) is 4.79 Å². The van der Waals surface area contributed by atoms with Crippen molar-refractivity contribution in [3.8, 4) is 11.5 Å². The Labute approximate surface area is 144 Å². The monoisotopic (exact) mass is 342 g/mol. The minimum Gasteiger partial charge on any atom is -0.493 e. The van der Waals surface area contributed by atoms with Gasteiger partial charge in [-0.2, -0.15) is 0 Å². The molecule has 130 valence electrons.